The second-order valence-electron chi connectivity index (χ2n) is 7.57. The van der Waals surface area contributed by atoms with Crippen LogP contribution in [0.5, 0.6) is 0 Å². The molecule has 1 unspecified atom stereocenters. The van der Waals surface area contributed by atoms with E-state index in [1.807, 2.05) is 12.4 Å². The summed E-state index contributed by atoms with van der Waals surface area (Å²) in [5.41, 5.74) is 1.62. The van der Waals surface area contributed by atoms with Crippen molar-refractivity contribution in [3.8, 4) is 0 Å². The third-order valence-corrected chi connectivity index (χ3v) is 4.74. The summed E-state index contributed by atoms with van der Waals surface area (Å²) in [5.74, 6) is 0. The molecule has 2 rings (SSSR count). The molecule has 0 bridgehead atoms. The lowest BCUT2D eigenvalue weighted by Crippen LogP contribution is -2.47. The van der Waals surface area contributed by atoms with Crippen LogP contribution in [-0.2, 0) is 11.3 Å². The van der Waals surface area contributed by atoms with E-state index in [2.05, 4.69) is 54.6 Å². The van der Waals surface area contributed by atoms with Crippen molar-refractivity contribution in [2.75, 3.05) is 39.4 Å². The quantitative estimate of drug-likeness (QED) is 0.736. The molecule has 0 radical (unpaired) electrons. The van der Waals surface area contributed by atoms with Crippen LogP contribution in [0.1, 0.15) is 39.7 Å². The molecule has 0 N–H and O–H groups in total. The Bertz CT molecular complexity index is 443. The SMILES string of the molecule is CCC(C)N(Cc1ccncc1)CC(C)(C)CN1CCOCC1. The van der Waals surface area contributed by atoms with Crippen LogP contribution in [0.2, 0.25) is 0 Å². The van der Waals surface area contributed by atoms with Crippen molar-refractivity contribution < 1.29 is 4.74 Å². The third kappa shape index (κ3) is 6.21. The highest BCUT2D eigenvalue weighted by Crippen LogP contribution is 2.23. The minimum absolute atomic E-state index is 0.272. The molecular weight excluding hydrogens is 286 g/mol. The Balaban J connectivity index is 1.97. The van der Waals surface area contributed by atoms with Gasteiger partial charge in [0.2, 0.25) is 0 Å². The summed E-state index contributed by atoms with van der Waals surface area (Å²) in [5, 5.41) is 0. The maximum Gasteiger partial charge on any atom is 0.0594 e. The van der Waals surface area contributed by atoms with Crippen LogP contribution in [0.15, 0.2) is 24.5 Å². The van der Waals surface area contributed by atoms with Crippen LogP contribution in [-0.4, -0.2) is 60.2 Å². The van der Waals surface area contributed by atoms with E-state index in [1.165, 1.54) is 12.0 Å². The summed E-state index contributed by atoms with van der Waals surface area (Å²) in [6, 6.07) is 4.85. The predicted octanol–water partition coefficient (Wildman–Crippen LogP) is 3.04. The number of ether oxygens (including phenoxy) is 1. The average Bonchev–Trinajstić information content (AvgIpc) is 2.54. The van der Waals surface area contributed by atoms with Gasteiger partial charge >= 0.3 is 0 Å². The topological polar surface area (TPSA) is 28.6 Å². The van der Waals surface area contributed by atoms with Crippen LogP contribution in [0.25, 0.3) is 0 Å². The average molecular weight is 319 g/mol. The summed E-state index contributed by atoms with van der Waals surface area (Å²) in [4.78, 5) is 9.30. The van der Waals surface area contributed by atoms with Gasteiger partial charge in [-0.25, -0.2) is 0 Å². The lowest BCUT2D eigenvalue weighted by atomic mass is 9.90. The zero-order valence-electron chi connectivity index (χ0n) is 15.3. The number of hydrogen-bond donors (Lipinski definition) is 0. The number of nitrogens with zero attached hydrogens (tertiary/aromatic N) is 3. The highest BCUT2D eigenvalue weighted by Gasteiger charge is 2.27. The van der Waals surface area contributed by atoms with Crippen molar-refractivity contribution in [2.24, 2.45) is 5.41 Å². The number of pyridine rings is 1. The zero-order valence-corrected chi connectivity index (χ0v) is 15.3. The molecule has 4 nitrogen and oxygen atoms in total. The highest BCUT2D eigenvalue weighted by atomic mass is 16.5. The molecule has 1 aliphatic rings. The molecular formula is C19H33N3O. The largest absolute Gasteiger partial charge is 0.379 e. The fraction of sp³-hybridized carbons (Fsp3) is 0.737. The van der Waals surface area contributed by atoms with E-state index in [-0.39, 0.29) is 5.41 Å². The molecule has 0 saturated carbocycles. The fourth-order valence-electron chi connectivity index (χ4n) is 3.31. The smallest absolute Gasteiger partial charge is 0.0594 e. The standard InChI is InChI=1S/C19H33N3O/c1-5-17(2)22(14-18-6-8-20-9-7-18)16-19(3,4)15-21-10-12-23-13-11-21/h6-9,17H,5,10-16H2,1-4H3. The molecule has 0 aromatic carbocycles. The number of rotatable bonds is 8. The van der Waals surface area contributed by atoms with Gasteiger partial charge in [-0.15, -0.1) is 0 Å². The van der Waals surface area contributed by atoms with E-state index < -0.39 is 0 Å². The predicted molar refractivity (Wildman–Crippen MR) is 95.4 cm³/mol. The number of morpholine rings is 1. The molecule has 1 fully saturated rings. The number of hydrogen-bond acceptors (Lipinski definition) is 4. The lowest BCUT2D eigenvalue weighted by Gasteiger charge is -2.40. The van der Waals surface area contributed by atoms with Gasteiger partial charge < -0.3 is 4.74 Å². The molecule has 1 saturated heterocycles. The van der Waals surface area contributed by atoms with Crippen LogP contribution >= 0.6 is 0 Å². The van der Waals surface area contributed by atoms with Gasteiger partial charge in [0, 0.05) is 51.2 Å². The second kappa shape index (κ2) is 8.76. The van der Waals surface area contributed by atoms with Gasteiger partial charge in [-0.3, -0.25) is 14.8 Å². The lowest BCUT2D eigenvalue weighted by molar-refractivity contribution is 0.0113. The molecule has 1 aromatic rings. The Kier molecular flexibility index (Phi) is 7.00. The van der Waals surface area contributed by atoms with Gasteiger partial charge in [0.05, 0.1) is 13.2 Å². The maximum atomic E-state index is 5.47. The van der Waals surface area contributed by atoms with E-state index in [0.29, 0.717) is 6.04 Å². The number of aromatic nitrogens is 1. The maximum absolute atomic E-state index is 5.47. The van der Waals surface area contributed by atoms with Gasteiger partial charge in [0.25, 0.3) is 0 Å². The van der Waals surface area contributed by atoms with Crippen molar-refractivity contribution in [3.63, 3.8) is 0 Å². The van der Waals surface area contributed by atoms with Crippen LogP contribution in [0, 0.1) is 5.41 Å². The normalized spacial score (nSPS) is 18.3. The molecule has 1 aromatic heterocycles. The molecule has 0 aliphatic carbocycles. The first-order valence-corrected chi connectivity index (χ1v) is 8.93. The van der Waals surface area contributed by atoms with Crippen LogP contribution in [0.3, 0.4) is 0 Å². The summed E-state index contributed by atoms with van der Waals surface area (Å²) in [6.45, 7) is 16.5. The molecule has 0 spiro atoms. The van der Waals surface area contributed by atoms with Crippen LogP contribution in [0.4, 0.5) is 0 Å². The van der Waals surface area contributed by atoms with Gasteiger partial charge in [-0.1, -0.05) is 20.8 Å². The minimum Gasteiger partial charge on any atom is -0.379 e. The molecule has 1 atom stereocenters. The highest BCUT2D eigenvalue weighted by molar-refractivity contribution is 5.09. The minimum atomic E-state index is 0.272. The van der Waals surface area contributed by atoms with E-state index >= 15 is 0 Å². The molecule has 130 valence electrons. The van der Waals surface area contributed by atoms with E-state index in [9.17, 15) is 0 Å². The summed E-state index contributed by atoms with van der Waals surface area (Å²) in [6.07, 6.45) is 4.96. The van der Waals surface area contributed by atoms with Gasteiger partial charge in [0.1, 0.15) is 0 Å². The van der Waals surface area contributed by atoms with Crippen molar-refractivity contribution in [1.82, 2.24) is 14.8 Å². The van der Waals surface area contributed by atoms with Crippen LogP contribution < -0.4 is 0 Å². The first kappa shape index (κ1) is 18.4. The van der Waals surface area contributed by atoms with Crippen molar-refractivity contribution >= 4 is 0 Å². The summed E-state index contributed by atoms with van der Waals surface area (Å²) >= 11 is 0. The first-order chi connectivity index (χ1) is 11.0. The monoisotopic (exact) mass is 319 g/mol. The van der Waals surface area contributed by atoms with Gasteiger partial charge in [-0.05, 0) is 36.5 Å². The molecule has 1 aliphatic heterocycles. The first-order valence-electron chi connectivity index (χ1n) is 8.93. The van der Waals surface area contributed by atoms with Gasteiger partial charge in [-0.2, -0.15) is 0 Å². The molecule has 0 amide bonds. The molecule has 23 heavy (non-hydrogen) atoms. The Hall–Kier alpha value is -0.970. The van der Waals surface area contributed by atoms with E-state index in [0.717, 1.165) is 45.9 Å². The van der Waals surface area contributed by atoms with Crippen molar-refractivity contribution in [3.05, 3.63) is 30.1 Å². The van der Waals surface area contributed by atoms with E-state index in [1.54, 1.807) is 0 Å². The third-order valence-electron chi connectivity index (χ3n) is 4.74. The molecule has 4 heteroatoms. The van der Waals surface area contributed by atoms with E-state index in [4.69, 9.17) is 4.74 Å². The van der Waals surface area contributed by atoms with Crippen molar-refractivity contribution in [2.45, 2.75) is 46.7 Å². The Morgan fingerprint density at radius 3 is 2.52 bits per heavy atom. The Labute approximate surface area is 141 Å². The van der Waals surface area contributed by atoms with Crippen molar-refractivity contribution in [1.29, 1.82) is 0 Å². The van der Waals surface area contributed by atoms with Gasteiger partial charge in [0.15, 0.2) is 0 Å². The summed E-state index contributed by atoms with van der Waals surface area (Å²) in [7, 11) is 0. The fourth-order valence-corrected chi connectivity index (χ4v) is 3.31. The Morgan fingerprint density at radius 2 is 1.91 bits per heavy atom. The second-order valence-corrected chi connectivity index (χ2v) is 7.57. The zero-order chi connectivity index (χ0) is 16.7. The molecule has 2 heterocycles. The summed E-state index contributed by atoms with van der Waals surface area (Å²) < 4.78 is 5.47. The Morgan fingerprint density at radius 1 is 1.26 bits per heavy atom.